The van der Waals surface area contributed by atoms with Gasteiger partial charge in [0.05, 0.1) is 16.7 Å². The molecule has 4 nitrogen and oxygen atoms in total. The zero-order chi connectivity index (χ0) is 17.4. The molecule has 2 unspecified atom stereocenters. The van der Waals surface area contributed by atoms with Gasteiger partial charge in [-0.1, -0.05) is 37.3 Å². The number of aliphatic hydroxyl groups is 1. The molecule has 0 bridgehead atoms. The molecule has 0 fully saturated rings. The summed E-state index contributed by atoms with van der Waals surface area (Å²) in [7, 11) is 0. The smallest absolute Gasteiger partial charge is 0.252 e. The van der Waals surface area contributed by atoms with Gasteiger partial charge in [0.15, 0.2) is 0 Å². The number of benzene rings is 1. The van der Waals surface area contributed by atoms with Gasteiger partial charge in [0, 0.05) is 18.7 Å². The van der Waals surface area contributed by atoms with Crippen molar-refractivity contribution in [1.29, 1.82) is 0 Å². The third kappa shape index (κ3) is 5.65. The molecule has 1 aromatic heterocycles. The quantitative estimate of drug-likeness (QED) is 0.720. The lowest BCUT2D eigenvalue weighted by Gasteiger charge is -2.19. The van der Waals surface area contributed by atoms with Gasteiger partial charge < -0.3 is 10.4 Å². The predicted octanol–water partition coefficient (Wildman–Crippen LogP) is 3.48. The van der Waals surface area contributed by atoms with Gasteiger partial charge in [-0.05, 0) is 36.8 Å². The van der Waals surface area contributed by atoms with Crippen molar-refractivity contribution in [3.63, 3.8) is 0 Å². The summed E-state index contributed by atoms with van der Waals surface area (Å²) in [4.78, 5) is 16.6. The molecule has 128 valence electrons. The molecule has 2 atom stereocenters. The van der Waals surface area contributed by atoms with Gasteiger partial charge in [0.2, 0.25) is 0 Å². The maximum Gasteiger partial charge on any atom is 0.252 e. The van der Waals surface area contributed by atoms with Crippen LogP contribution in [-0.4, -0.2) is 34.4 Å². The Hall–Kier alpha value is -1.85. The molecular weight excluding hydrogens is 320 g/mol. The molecule has 0 radical (unpaired) electrons. The standard InChI is InChI=1S/C19H24N2O2S/c1-3-24-18-10-9-16(12-20-18)19(23)21-13-17(11-14(2)22)15-7-5-4-6-8-15/h4-10,12,14,17,22H,3,11,13H2,1-2H3,(H,21,23). The van der Waals surface area contributed by atoms with E-state index in [1.807, 2.05) is 36.4 Å². The maximum atomic E-state index is 12.3. The number of carbonyl (C=O) groups is 1. The first kappa shape index (κ1) is 18.5. The van der Waals surface area contributed by atoms with Gasteiger partial charge in [0.25, 0.3) is 5.91 Å². The number of carbonyl (C=O) groups excluding carboxylic acids is 1. The van der Waals surface area contributed by atoms with E-state index in [-0.39, 0.29) is 11.8 Å². The number of hydrogen-bond acceptors (Lipinski definition) is 4. The van der Waals surface area contributed by atoms with Crippen LogP contribution < -0.4 is 5.32 Å². The monoisotopic (exact) mass is 344 g/mol. The fourth-order valence-corrected chi connectivity index (χ4v) is 3.13. The van der Waals surface area contributed by atoms with Crippen LogP contribution in [0.5, 0.6) is 0 Å². The molecule has 2 rings (SSSR count). The van der Waals surface area contributed by atoms with Crippen molar-refractivity contribution in [2.45, 2.75) is 37.3 Å². The van der Waals surface area contributed by atoms with Crippen LogP contribution in [0.1, 0.15) is 42.1 Å². The van der Waals surface area contributed by atoms with Gasteiger partial charge in [-0.3, -0.25) is 4.79 Å². The first-order valence-electron chi connectivity index (χ1n) is 8.20. The minimum atomic E-state index is -0.417. The lowest BCUT2D eigenvalue weighted by atomic mass is 9.93. The molecule has 0 spiro atoms. The molecule has 1 heterocycles. The Balaban J connectivity index is 1.99. The maximum absolute atomic E-state index is 12.3. The van der Waals surface area contributed by atoms with E-state index in [9.17, 15) is 9.90 Å². The third-order valence-electron chi connectivity index (χ3n) is 3.70. The molecule has 0 aliphatic carbocycles. The molecule has 0 saturated carbocycles. The molecule has 0 saturated heterocycles. The fourth-order valence-electron chi connectivity index (χ4n) is 2.54. The Morgan fingerprint density at radius 1 is 1.25 bits per heavy atom. The number of aromatic nitrogens is 1. The van der Waals surface area contributed by atoms with Crippen molar-refractivity contribution in [2.75, 3.05) is 12.3 Å². The second-order valence-electron chi connectivity index (χ2n) is 5.72. The van der Waals surface area contributed by atoms with Crippen LogP contribution in [0.3, 0.4) is 0 Å². The van der Waals surface area contributed by atoms with E-state index in [4.69, 9.17) is 0 Å². The molecule has 2 N–H and O–H groups in total. The topological polar surface area (TPSA) is 62.2 Å². The SMILES string of the molecule is CCSc1ccc(C(=O)NCC(CC(C)O)c2ccccc2)cn1. The first-order valence-corrected chi connectivity index (χ1v) is 9.18. The number of pyridine rings is 1. The van der Waals surface area contributed by atoms with Crippen molar-refractivity contribution in [3.8, 4) is 0 Å². The minimum absolute atomic E-state index is 0.0815. The van der Waals surface area contributed by atoms with E-state index in [0.29, 0.717) is 18.5 Å². The molecule has 2 aromatic rings. The van der Waals surface area contributed by atoms with Crippen LogP contribution in [0.2, 0.25) is 0 Å². The number of amides is 1. The summed E-state index contributed by atoms with van der Waals surface area (Å²) in [5.74, 6) is 0.900. The number of rotatable bonds is 8. The third-order valence-corrected chi connectivity index (χ3v) is 4.52. The summed E-state index contributed by atoms with van der Waals surface area (Å²) in [6.45, 7) is 4.32. The Kier molecular flexibility index (Phi) is 7.28. The molecule has 5 heteroatoms. The average molecular weight is 344 g/mol. The Bertz CT molecular complexity index is 630. The van der Waals surface area contributed by atoms with Gasteiger partial charge in [-0.15, -0.1) is 11.8 Å². The van der Waals surface area contributed by atoms with Crippen LogP contribution in [0, 0.1) is 0 Å². The van der Waals surface area contributed by atoms with Crippen LogP contribution in [-0.2, 0) is 0 Å². The summed E-state index contributed by atoms with van der Waals surface area (Å²) in [6.07, 6.45) is 1.80. The highest BCUT2D eigenvalue weighted by molar-refractivity contribution is 7.99. The highest BCUT2D eigenvalue weighted by Crippen LogP contribution is 2.21. The lowest BCUT2D eigenvalue weighted by Crippen LogP contribution is -2.29. The van der Waals surface area contributed by atoms with E-state index in [0.717, 1.165) is 16.3 Å². The second kappa shape index (κ2) is 9.45. The lowest BCUT2D eigenvalue weighted by molar-refractivity contribution is 0.0945. The molecule has 1 aromatic carbocycles. The highest BCUT2D eigenvalue weighted by Gasteiger charge is 2.16. The summed E-state index contributed by atoms with van der Waals surface area (Å²) in [6, 6.07) is 13.6. The number of nitrogens with zero attached hydrogens (tertiary/aromatic N) is 1. The Morgan fingerprint density at radius 2 is 2.00 bits per heavy atom. The average Bonchev–Trinajstić information content (AvgIpc) is 2.60. The van der Waals surface area contributed by atoms with Crippen LogP contribution >= 0.6 is 11.8 Å². The van der Waals surface area contributed by atoms with E-state index in [2.05, 4.69) is 17.2 Å². The second-order valence-corrected chi connectivity index (χ2v) is 7.00. The zero-order valence-electron chi connectivity index (χ0n) is 14.1. The molecule has 0 aliphatic rings. The fraction of sp³-hybridized carbons (Fsp3) is 0.368. The van der Waals surface area contributed by atoms with Crippen molar-refractivity contribution in [3.05, 3.63) is 59.8 Å². The van der Waals surface area contributed by atoms with Crippen molar-refractivity contribution < 1.29 is 9.90 Å². The van der Waals surface area contributed by atoms with Crippen LogP contribution in [0.15, 0.2) is 53.7 Å². The van der Waals surface area contributed by atoms with Crippen molar-refractivity contribution >= 4 is 17.7 Å². The van der Waals surface area contributed by atoms with Gasteiger partial charge >= 0.3 is 0 Å². The first-order chi connectivity index (χ1) is 11.6. The predicted molar refractivity (Wildman–Crippen MR) is 98.4 cm³/mol. The normalized spacial score (nSPS) is 13.3. The van der Waals surface area contributed by atoms with Crippen molar-refractivity contribution in [2.24, 2.45) is 0 Å². The summed E-state index contributed by atoms with van der Waals surface area (Å²) < 4.78 is 0. The van der Waals surface area contributed by atoms with Gasteiger partial charge in [0.1, 0.15) is 0 Å². The highest BCUT2D eigenvalue weighted by atomic mass is 32.2. The van der Waals surface area contributed by atoms with Gasteiger partial charge in [-0.25, -0.2) is 4.98 Å². The molecular formula is C19H24N2O2S. The van der Waals surface area contributed by atoms with Crippen LogP contribution in [0.25, 0.3) is 0 Å². The minimum Gasteiger partial charge on any atom is -0.393 e. The Morgan fingerprint density at radius 3 is 2.58 bits per heavy atom. The summed E-state index contributed by atoms with van der Waals surface area (Å²) in [5.41, 5.74) is 1.67. The van der Waals surface area contributed by atoms with E-state index < -0.39 is 6.10 Å². The number of thioether (sulfide) groups is 1. The number of aliphatic hydroxyl groups excluding tert-OH is 1. The molecule has 0 aliphatic heterocycles. The van der Waals surface area contributed by atoms with Crippen LogP contribution in [0.4, 0.5) is 0 Å². The van der Waals surface area contributed by atoms with Gasteiger partial charge in [-0.2, -0.15) is 0 Å². The van der Waals surface area contributed by atoms with E-state index in [1.54, 1.807) is 30.9 Å². The number of hydrogen-bond donors (Lipinski definition) is 2. The molecule has 1 amide bonds. The number of nitrogens with one attached hydrogen (secondary N) is 1. The largest absolute Gasteiger partial charge is 0.393 e. The van der Waals surface area contributed by atoms with E-state index in [1.165, 1.54) is 0 Å². The summed E-state index contributed by atoms with van der Waals surface area (Å²) in [5, 5.41) is 13.6. The van der Waals surface area contributed by atoms with E-state index >= 15 is 0 Å². The molecule has 24 heavy (non-hydrogen) atoms. The van der Waals surface area contributed by atoms with Crippen molar-refractivity contribution in [1.82, 2.24) is 10.3 Å². The summed E-state index contributed by atoms with van der Waals surface area (Å²) >= 11 is 1.65. The Labute approximate surface area is 147 Å². The zero-order valence-corrected chi connectivity index (χ0v) is 14.9.